The van der Waals surface area contributed by atoms with E-state index in [0.29, 0.717) is 12.0 Å². The van der Waals surface area contributed by atoms with Crippen LogP contribution in [-0.2, 0) is 0 Å². The van der Waals surface area contributed by atoms with Crippen LogP contribution in [0.3, 0.4) is 0 Å². The van der Waals surface area contributed by atoms with E-state index in [4.69, 9.17) is 17.3 Å². The maximum absolute atomic E-state index is 6.24. The summed E-state index contributed by atoms with van der Waals surface area (Å²) in [5, 5.41) is 0.871. The van der Waals surface area contributed by atoms with Crippen molar-refractivity contribution in [2.75, 3.05) is 20.1 Å². The van der Waals surface area contributed by atoms with Crippen LogP contribution in [0.1, 0.15) is 29.2 Å². The van der Waals surface area contributed by atoms with Crippen molar-refractivity contribution >= 4 is 11.6 Å². The van der Waals surface area contributed by atoms with Gasteiger partial charge in [0, 0.05) is 17.6 Å². The predicted molar refractivity (Wildman–Crippen MR) is 73.5 cm³/mol. The summed E-state index contributed by atoms with van der Waals surface area (Å²) in [5.74, 6) is 0.614. The quantitative estimate of drug-likeness (QED) is 0.877. The van der Waals surface area contributed by atoms with Crippen LogP contribution in [0, 0.1) is 19.8 Å². The van der Waals surface area contributed by atoms with Crippen LogP contribution in [0.15, 0.2) is 12.1 Å². The van der Waals surface area contributed by atoms with Gasteiger partial charge < -0.3 is 5.73 Å². The number of nitrogens with zero attached hydrogens (tertiary/aromatic N) is 1. The number of aryl methyl sites for hydroxylation is 1. The van der Waals surface area contributed by atoms with Gasteiger partial charge in [0.25, 0.3) is 0 Å². The summed E-state index contributed by atoms with van der Waals surface area (Å²) in [6, 6.07) is 4.58. The Bertz CT molecular complexity index is 417. The molecular weight excluding hydrogens is 232 g/mol. The Labute approximate surface area is 109 Å². The smallest absolute Gasteiger partial charge is 0.0438 e. The fourth-order valence-electron chi connectivity index (χ4n) is 2.96. The van der Waals surface area contributed by atoms with Gasteiger partial charge in [-0.3, -0.25) is 4.90 Å². The van der Waals surface area contributed by atoms with Crippen LogP contribution in [0.25, 0.3) is 0 Å². The molecular formula is C14H21ClN2. The molecule has 0 aliphatic carbocycles. The molecule has 94 valence electrons. The van der Waals surface area contributed by atoms with E-state index >= 15 is 0 Å². The molecule has 2 rings (SSSR count). The van der Waals surface area contributed by atoms with Gasteiger partial charge >= 0.3 is 0 Å². The Kier molecular flexibility index (Phi) is 3.76. The fraction of sp³-hybridized carbons (Fsp3) is 0.571. The summed E-state index contributed by atoms with van der Waals surface area (Å²) in [4.78, 5) is 2.41. The van der Waals surface area contributed by atoms with Gasteiger partial charge in [0.2, 0.25) is 0 Å². The van der Waals surface area contributed by atoms with E-state index in [-0.39, 0.29) is 0 Å². The minimum Gasteiger partial charge on any atom is -0.330 e. The molecule has 1 heterocycles. The molecule has 0 spiro atoms. The zero-order chi connectivity index (χ0) is 12.6. The lowest BCUT2D eigenvalue weighted by Gasteiger charge is -2.24. The number of rotatable bonds is 2. The Balaban J connectivity index is 2.37. The first-order valence-electron chi connectivity index (χ1n) is 6.20. The van der Waals surface area contributed by atoms with E-state index in [1.807, 2.05) is 6.07 Å². The molecule has 17 heavy (non-hydrogen) atoms. The van der Waals surface area contributed by atoms with Gasteiger partial charge in [-0.15, -0.1) is 0 Å². The third-order valence-corrected chi connectivity index (χ3v) is 4.38. The first kappa shape index (κ1) is 12.9. The van der Waals surface area contributed by atoms with Crippen molar-refractivity contribution in [2.45, 2.75) is 26.3 Å². The molecule has 2 atom stereocenters. The molecule has 3 heteroatoms. The monoisotopic (exact) mass is 252 g/mol. The molecule has 0 radical (unpaired) electrons. The maximum atomic E-state index is 6.24. The maximum Gasteiger partial charge on any atom is 0.0438 e. The number of halogens is 1. The highest BCUT2D eigenvalue weighted by molar-refractivity contribution is 6.31. The average Bonchev–Trinajstić information content (AvgIpc) is 2.66. The fourth-order valence-corrected chi connectivity index (χ4v) is 3.13. The molecule has 1 aromatic carbocycles. The van der Waals surface area contributed by atoms with Crippen molar-refractivity contribution in [1.29, 1.82) is 0 Å². The number of hydrogen-bond acceptors (Lipinski definition) is 2. The van der Waals surface area contributed by atoms with Crippen molar-refractivity contribution < 1.29 is 0 Å². The van der Waals surface area contributed by atoms with E-state index in [9.17, 15) is 0 Å². The van der Waals surface area contributed by atoms with Gasteiger partial charge in [-0.05, 0) is 62.5 Å². The second-order valence-corrected chi connectivity index (χ2v) is 5.60. The third-order valence-electron chi connectivity index (χ3n) is 3.97. The minimum absolute atomic E-state index is 0.474. The van der Waals surface area contributed by atoms with E-state index in [0.717, 1.165) is 24.5 Å². The first-order valence-corrected chi connectivity index (χ1v) is 6.58. The van der Waals surface area contributed by atoms with Gasteiger partial charge in [0.05, 0.1) is 0 Å². The predicted octanol–water partition coefficient (Wildman–Crippen LogP) is 2.91. The molecule has 1 aromatic rings. The normalized spacial score (nSPS) is 25.5. The van der Waals surface area contributed by atoms with Gasteiger partial charge in [0.15, 0.2) is 0 Å². The molecule has 0 amide bonds. The average molecular weight is 253 g/mol. The van der Waals surface area contributed by atoms with Crippen molar-refractivity contribution in [3.05, 3.63) is 33.8 Å². The summed E-state index contributed by atoms with van der Waals surface area (Å²) in [6.45, 7) is 6.16. The summed E-state index contributed by atoms with van der Waals surface area (Å²) in [5.41, 5.74) is 9.75. The van der Waals surface area contributed by atoms with Crippen LogP contribution >= 0.6 is 11.6 Å². The lowest BCUT2D eigenvalue weighted by atomic mass is 9.92. The largest absolute Gasteiger partial charge is 0.330 e. The lowest BCUT2D eigenvalue weighted by molar-refractivity contribution is 0.312. The third kappa shape index (κ3) is 2.35. The van der Waals surface area contributed by atoms with Crippen molar-refractivity contribution in [1.82, 2.24) is 4.90 Å². The van der Waals surface area contributed by atoms with Crippen molar-refractivity contribution in [2.24, 2.45) is 11.7 Å². The minimum atomic E-state index is 0.474. The topological polar surface area (TPSA) is 29.3 Å². The Hall–Kier alpha value is -0.570. The Morgan fingerprint density at radius 3 is 2.71 bits per heavy atom. The van der Waals surface area contributed by atoms with E-state index < -0.39 is 0 Å². The molecule has 1 aliphatic rings. The van der Waals surface area contributed by atoms with Crippen molar-refractivity contribution in [3.63, 3.8) is 0 Å². The van der Waals surface area contributed by atoms with Crippen LogP contribution in [0.2, 0.25) is 5.02 Å². The Morgan fingerprint density at radius 1 is 1.41 bits per heavy atom. The first-order chi connectivity index (χ1) is 8.04. The van der Waals surface area contributed by atoms with Crippen LogP contribution < -0.4 is 5.73 Å². The molecule has 2 nitrogen and oxygen atoms in total. The van der Waals surface area contributed by atoms with Crippen molar-refractivity contribution in [3.8, 4) is 0 Å². The standard InChI is InChI=1S/C14H21ClN2/c1-9-4-5-12(15)10(2)14(9)13-6-11(7-16)8-17(13)3/h4-5,11,13H,6-8,16H2,1-3H3. The molecule has 2 unspecified atom stereocenters. The summed E-state index contributed by atoms with van der Waals surface area (Å²) in [7, 11) is 2.18. The number of likely N-dealkylation sites (tertiary alicyclic amines) is 1. The second kappa shape index (κ2) is 4.97. The second-order valence-electron chi connectivity index (χ2n) is 5.20. The lowest BCUT2D eigenvalue weighted by Crippen LogP contribution is -2.21. The highest BCUT2D eigenvalue weighted by Gasteiger charge is 2.31. The molecule has 1 fully saturated rings. The highest BCUT2D eigenvalue weighted by Crippen LogP contribution is 2.38. The van der Waals surface area contributed by atoms with Gasteiger partial charge in [-0.1, -0.05) is 17.7 Å². The van der Waals surface area contributed by atoms with E-state index in [2.05, 4.69) is 31.9 Å². The summed E-state index contributed by atoms with van der Waals surface area (Å²) < 4.78 is 0. The molecule has 1 saturated heterocycles. The molecule has 1 aliphatic heterocycles. The summed E-state index contributed by atoms with van der Waals surface area (Å²) >= 11 is 6.24. The zero-order valence-electron chi connectivity index (χ0n) is 10.8. The number of benzene rings is 1. The van der Waals surface area contributed by atoms with Crippen LogP contribution in [0.5, 0.6) is 0 Å². The Morgan fingerprint density at radius 2 is 2.12 bits per heavy atom. The molecule has 0 bridgehead atoms. The van der Waals surface area contributed by atoms with E-state index in [1.165, 1.54) is 16.7 Å². The molecule has 2 N–H and O–H groups in total. The van der Waals surface area contributed by atoms with Gasteiger partial charge in [-0.2, -0.15) is 0 Å². The van der Waals surface area contributed by atoms with E-state index in [1.54, 1.807) is 0 Å². The van der Waals surface area contributed by atoms with Crippen LogP contribution in [0.4, 0.5) is 0 Å². The zero-order valence-corrected chi connectivity index (χ0v) is 11.6. The SMILES string of the molecule is Cc1ccc(Cl)c(C)c1C1CC(CN)CN1C. The summed E-state index contributed by atoms with van der Waals surface area (Å²) in [6.07, 6.45) is 1.15. The molecule has 0 saturated carbocycles. The number of nitrogens with two attached hydrogens (primary N) is 1. The van der Waals surface area contributed by atoms with Gasteiger partial charge in [-0.25, -0.2) is 0 Å². The highest BCUT2D eigenvalue weighted by atomic mass is 35.5. The van der Waals surface area contributed by atoms with Crippen LogP contribution in [-0.4, -0.2) is 25.0 Å². The van der Waals surface area contributed by atoms with Gasteiger partial charge in [0.1, 0.15) is 0 Å². The molecule has 0 aromatic heterocycles. The number of hydrogen-bond donors (Lipinski definition) is 1.